The second-order valence-corrected chi connectivity index (χ2v) is 4.20. The molecule has 1 heterocycles. The smallest absolute Gasteiger partial charge is 0.420 e. The minimum Gasteiger partial charge on any atom is -0.489 e. The van der Waals surface area contributed by atoms with E-state index in [1.807, 2.05) is 0 Å². The van der Waals surface area contributed by atoms with Crippen molar-refractivity contribution < 1.29 is 22.6 Å². The van der Waals surface area contributed by atoms with Gasteiger partial charge in [-0.25, -0.2) is 0 Å². The molecule has 1 aromatic carbocycles. The molecular weight excluding hydrogens is 247 g/mol. The monoisotopic (exact) mass is 261 g/mol. The van der Waals surface area contributed by atoms with Gasteiger partial charge in [0.15, 0.2) is 11.5 Å². The Morgan fingerprint density at radius 3 is 2.33 bits per heavy atom. The van der Waals surface area contributed by atoms with Crippen molar-refractivity contribution in [1.82, 2.24) is 0 Å². The predicted octanol–water partition coefficient (Wildman–Crippen LogP) is 2.89. The number of benzene rings is 1. The molecule has 2 rings (SSSR count). The standard InChI is InChI=1S/C12H14F3NO2/c1-7(16)8-3-4-9(12(13,14)15)11-10(8)17-5-2-6-18-11/h3-4,7H,2,5-6,16H2,1H3. The van der Waals surface area contributed by atoms with Gasteiger partial charge in [-0.2, -0.15) is 13.2 Å². The molecule has 1 atom stereocenters. The molecule has 0 aromatic heterocycles. The number of hydrogen-bond acceptors (Lipinski definition) is 3. The molecule has 1 aliphatic heterocycles. The maximum absolute atomic E-state index is 12.9. The van der Waals surface area contributed by atoms with Gasteiger partial charge in [0.05, 0.1) is 13.2 Å². The zero-order valence-corrected chi connectivity index (χ0v) is 9.88. The molecule has 2 N–H and O–H groups in total. The fraction of sp³-hybridized carbons (Fsp3) is 0.500. The van der Waals surface area contributed by atoms with Crippen LogP contribution in [0.5, 0.6) is 11.5 Å². The highest BCUT2D eigenvalue weighted by Crippen LogP contribution is 2.45. The summed E-state index contributed by atoms with van der Waals surface area (Å²) in [6.07, 6.45) is -3.92. The first-order chi connectivity index (χ1) is 8.41. The second-order valence-electron chi connectivity index (χ2n) is 4.20. The van der Waals surface area contributed by atoms with Crippen LogP contribution in [0.4, 0.5) is 13.2 Å². The van der Waals surface area contributed by atoms with Gasteiger partial charge in [0.2, 0.25) is 0 Å². The van der Waals surface area contributed by atoms with E-state index in [0.29, 0.717) is 18.6 Å². The van der Waals surface area contributed by atoms with Crippen molar-refractivity contribution in [3.63, 3.8) is 0 Å². The van der Waals surface area contributed by atoms with Gasteiger partial charge >= 0.3 is 6.18 Å². The van der Waals surface area contributed by atoms with E-state index in [-0.39, 0.29) is 18.1 Å². The zero-order chi connectivity index (χ0) is 13.3. The van der Waals surface area contributed by atoms with Crippen molar-refractivity contribution in [2.45, 2.75) is 25.6 Å². The number of halogens is 3. The first kappa shape index (κ1) is 13.0. The molecule has 0 fully saturated rings. The molecule has 100 valence electrons. The molecule has 3 nitrogen and oxygen atoms in total. The van der Waals surface area contributed by atoms with E-state index in [9.17, 15) is 13.2 Å². The molecule has 0 saturated carbocycles. The van der Waals surface area contributed by atoms with Gasteiger partial charge < -0.3 is 15.2 Å². The molecule has 1 aliphatic rings. The minimum absolute atomic E-state index is 0.123. The van der Waals surface area contributed by atoms with Crippen LogP contribution < -0.4 is 15.2 Å². The average Bonchev–Trinajstić information content (AvgIpc) is 2.50. The summed E-state index contributed by atoms with van der Waals surface area (Å²) in [7, 11) is 0. The van der Waals surface area contributed by atoms with Gasteiger partial charge in [-0.05, 0) is 13.0 Å². The topological polar surface area (TPSA) is 44.5 Å². The van der Waals surface area contributed by atoms with Crippen LogP contribution in [-0.4, -0.2) is 13.2 Å². The Kier molecular flexibility index (Phi) is 3.38. The number of fused-ring (bicyclic) bond motifs is 1. The van der Waals surface area contributed by atoms with E-state index < -0.39 is 17.8 Å². The Morgan fingerprint density at radius 1 is 1.17 bits per heavy atom. The first-order valence-corrected chi connectivity index (χ1v) is 5.66. The van der Waals surface area contributed by atoms with Crippen LogP contribution in [0.3, 0.4) is 0 Å². The Balaban J connectivity index is 2.60. The van der Waals surface area contributed by atoms with E-state index in [1.54, 1.807) is 6.92 Å². The fourth-order valence-corrected chi connectivity index (χ4v) is 1.86. The molecule has 18 heavy (non-hydrogen) atoms. The largest absolute Gasteiger partial charge is 0.489 e. The van der Waals surface area contributed by atoms with E-state index in [2.05, 4.69) is 0 Å². The highest BCUT2D eigenvalue weighted by molar-refractivity contribution is 5.54. The van der Waals surface area contributed by atoms with Crippen LogP contribution in [-0.2, 0) is 6.18 Å². The van der Waals surface area contributed by atoms with E-state index in [1.165, 1.54) is 6.07 Å². The third kappa shape index (κ3) is 2.38. The Morgan fingerprint density at radius 2 is 1.78 bits per heavy atom. The van der Waals surface area contributed by atoms with Gasteiger partial charge in [0.25, 0.3) is 0 Å². The SMILES string of the molecule is CC(N)c1ccc(C(F)(F)F)c2c1OCCCO2. The summed E-state index contributed by atoms with van der Waals surface area (Å²) < 4.78 is 49.2. The molecule has 0 amide bonds. The predicted molar refractivity (Wildman–Crippen MR) is 59.7 cm³/mol. The van der Waals surface area contributed by atoms with Crippen LogP contribution in [0, 0.1) is 0 Å². The normalized spacial score (nSPS) is 17.2. The van der Waals surface area contributed by atoms with Crippen LogP contribution in [0.25, 0.3) is 0 Å². The molecule has 6 heteroatoms. The zero-order valence-electron chi connectivity index (χ0n) is 9.88. The summed E-state index contributed by atoms with van der Waals surface area (Å²) in [6, 6.07) is 1.93. The van der Waals surface area contributed by atoms with Crippen LogP contribution in [0.2, 0.25) is 0 Å². The quantitative estimate of drug-likeness (QED) is 0.845. The van der Waals surface area contributed by atoms with Gasteiger partial charge in [0.1, 0.15) is 5.56 Å². The van der Waals surface area contributed by atoms with Crippen molar-refractivity contribution in [3.05, 3.63) is 23.3 Å². The summed E-state index contributed by atoms with van der Waals surface area (Å²) >= 11 is 0. The maximum Gasteiger partial charge on any atom is 0.420 e. The summed E-state index contributed by atoms with van der Waals surface area (Å²) in [4.78, 5) is 0. The van der Waals surface area contributed by atoms with Gasteiger partial charge in [-0.3, -0.25) is 0 Å². The summed E-state index contributed by atoms with van der Waals surface area (Å²) in [6.45, 7) is 2.23. The molecule has 0 bridgehead atoms. The number of alkyl halides is 3. The molecule has 1 unspecified atom stereocenters. The van der Waals surface area contributed by atoms with Crippen molar-refractivity contribution in [1.29, 1.82) is 0 Å². The number of hydrogen-bond donors (Lipinski definition) is 1. The van der Waals surface area contributed by atoms with Crippen LogP contribution >= 0.6 is 0 Å². The van der Waals surface area contributed by atoms with Crippen molar-refractivity contribution in [2.24, 2.45) is 5.73 Å². The molecule has 0 aliphatic carbocycles. The Labute approximate surface area is 103 Å². The van der Waals surface area contributed by atoms with Crippen molar-refractivity contribution in [3.8, 4) is 11.5 Å². The van der Waals surface area contributed by atoms with Crippen LogP contribution in [0.15, 0.2) is 12.1 Å². The van der Waals surface area contributed by atoms with Crippen LogP contribution in [0.1, 0.15) is 30.5 Å². The average molecular weight is 261 g/mol. The molecule has 0 saturated heterocycles. The Bertz CT molecular complexity index is 444. The number of rotatable bonds is 1. The Hall–Kier alpha value is -1.43. The van der Waals surface area contributed by atoms with Gasteiger partial charge in [-0.1, -0.05) is 6.07 Å². The maximum atomic E-state index is 12.9. The van der Waals surface area contributed by atoms with E-state index in [4.69, 9.17) is 15.2 Å². The van der Waals surface area contributed by atoms with Crippen molar-refractivity contribution in [2.75, 3.05) is 13.2 Å². The molecule has 0 radical (unpaired) electrons. The van der Waals surface area contributed by atoms with E-state index >= 15 is 0 Å². The van der Waals surface area contributed by atoms with E-state index in [0.717, 1.165) is 6.07 Å². The molecular formula is C12H14F3NO2. The first-order valence-electron chi connectivity index (χ1n) is 5.66. The summed E-state index contributed by atoms with van der Waals surface area (Å²) in [5.41, 5.74) is 5.44. The highest BCUT2D eigenvalue weighted by Gasteiger charge is 2.37. The summed E-state index contributed by atoms with van der Waals surface area (Å²) in [5, 5.41) is 0. The highest BCUT2D eigenvalue weighted by atomic mass is 19.4. The second kappa shape index (κ2) is 4.68. The third-order valence-electron chi connectivity index (χ3n) is 2.72. The molecule has 1 aromatic rings. The lowest BCUT2D eigenvalue weighted by molar-refractivity contribution is -0.139. The van der Waals surface area contributed by atoms with Gasteiger partial charge in [0, 0.05) is 18.0 Å². The lowest BCUT2D eigenvalue weighted by Gasteiger charge is -2.19. The minimum atomic E-state index is -4.46. The van der Waals surface area contributed by atoms with Crippen molar-refractivity contribution >= 4 is 0 Å². The summed E-state index contributed by atoms with van der Waals surface area (Å²) in [5.74, 6) is -0.118. The number of ether oxygens (including phenoxy) is 2. The number of nitrogens with two attached hydrogens (primary N) is 1. The fourth-order valence-electron chi connectivity index (χ4n) is 1.86. The third-order valence-corrected chi connectivity index (χ3v) is 2.72. The lowest BCUT2D eigenvalue weighted by Crippen LogP contribution is -2.12. The lowest BCUT2D eigenvalue weighted by atomic mass is 10.0. The molecule has 0 spiro atoms. The van der Waals surface area contributed by atoms with Gasteiger partial charge in [-0.15, -0.1) is 0 Å².